The number of hydrogen-bond donors (Lipinski definition) is 2. The van der Waals surface area contributed by atoms with E-state index in [1.165, 1.54) is 12.1 Å². The first-order chi connectivity index (χ1) is 17.9. The molecule has 37 heavy (non-hydrogen) atoms. The molecule has 4 heterocycles. The molecular formula is C27H27ClFN7O. The number of hydrogen-bond acceptors (Lipinski definition) is 6. The number of piperazine rings is 1. The van der Waals surface area contributed by atoms with Crippen molar-refractivity contribution in [2.75, 3.05) is 31.1 Å². The summed E-state index contributed by atoms with van der Waals surface area (Å²) < 4.78 is 14.6. The molecule has 3 aromatic heterocycles. The van der Waals surface area contributed by atoms with Gasteiger partial charge in [-0.2, -0.15) is 5.10 Å². The molecule has 0 bridgehead atoms. The van der Waals surface area contributed by atoms with Crippen LogP contribution in [0.1, 0.15) is 25.7 Å². The highest BCUT2D eigenvalue weighted by atomic mass is 35.5. The fourth-order valence-electron chi connectivity index (χ4n) is 5.76. The SMILES string of the molecule is NC(=O)C1(N2CCN(c3cnc4ccc(-c5c[nH]nc5-c5cc(Cl)ccc5F)nc4c3)CC2)CCCC1. The standard InChI is InChI=1S/C27H27ClFN7O/c28-17-3-4-21(29)19(13-17)25-20(16-32-34-25)22-5-6-23-24(33-22)14-18(15-31-23)35-9-11-36(12-10-35)27(26(30)37)7-1-2-8-27/h3-6,13-16H,1-2,7-12H2,(H2,30,37)(H,32,34). The Bertz CT molecular complexity index is 1470. The third-order valence-electron chi connectivity index (χ3n) is 7.76. The maximum Gasteiger partial charge on any atom is 0.237 e. The zero-order chi connectivity index (χ0) is 25.6. The van der Waals surface area contributed by atoms with Crippen LogP contribution < -0.4 is 10.6 Å². The fourth-order valence-corrected chi connectivity index (χ4v) is 5.93. The molecule has 8 nitrogen and oxygen atoms in total. The minimum absolute atomic E-state index is 0.196. The molecule has 4 aromatic rings. The Kier molecular flexibility index (Phi) is 6.04. The second-order valence-corrected chi connectivity index (χ2v) is 10.2. The summed E-state index contributed by atoms with van der Waals surface area (Å²) in [6.45, 7) is 3.11. The molecule has 1 aliphatic carbocycles. The van der Waals surface area contributed by atoms with Gasteiger partial charge >= 0.3 is 0 Å². The van der Waals surface area contributed by atoms with E-state index >= 15 is 0 Å². The minimum Gasteiger partial charge on any atom is -0.368 e. The van der Waals surface area contributed by atoms with E-state index in [0.717, 1.165) is 68.6 Å². The van der Waals surface area contributed by atoms with Crippen LogP contribution in [-0.4, -0.2) is 62.7 Å². The third-order valence-corrected chi connectivity index (χ3v) is 8.00. The highest BCUT2D eigenvalue weighted by Gasteiger charge is 2.45. The molecule has 6 rings (SSSR count). The van der Waals surface area contributed by atoms with Crippen LogP contribution in [0.3, 0.4) is 0 Å². The number of primary amides is 1. The maximum absolute atomic E-state index is 14.6. The van der Waals surface area contributed by atoms with E-state index in [0.29, 0.717) is 27.5 Å². The van der Waals surface area contributed by atoms with Crippen LogP contribution in [0.15, 0.2) is 48.8 Å². The summed E-state index contributed by atoms with van der Waals surface area (Å²) in [4.78, 5) is 26.3. The number of H-pyrrole nitrogens is 1. The van der Waals surface area contributed by atoms with Gasteiger partial charge in [-0.15, -0.1) is 0 Å². The van der Waals surface area contributed by atoms with Gasteiger partial charge < -0.3 is 10.6 Å². The van der Waals surface area contributed by atoms with E-state index in [9.17, 15) is 9.18 Å². The molecule has 1 saturated carbocycles. The smallest absolute Gasteiger partial charge is 0.237 e. The van der Waals surface area contributed by atoms with Crippen molar-refractivity contribution in [3.8, 4) is 22.5 Å². The Hall–Kier alpha value is -3.56. The van der Waals surface area contributed by atoms with Crippen LogP contribution >= 0.6 is 11.6 Å². The summed E-state index contributed by atoms with van der Waals surface area (Å²) >= 11 is 6.11. The summed E-state index contributed by atoms with van der Waals surface area (Å²) in [5.41, 5.74) is 9.92. The zero-order valence-electron chi connectivity index (χ0n) is 20.3. The Labute approximate surface area is 218 Å². The van der Waals surface area contributed by atoms with Gasteiger partial charge in [0.15, 0.2) is 0 Å². The summed E-state index contributed by atoms with van der Waals surface area (Å²) in [6.07, 6.45) is 7.37. The largest absolute Gasteiger partial charge is 0.368 e. The van der Waals surface area contributed by atoms with E-state index in [4.69, 9.17) is 22.3 Å². The number of aromatic nitrogens is 4. The van der Waals surface area contributed by atoms with E-state index in [1.807, 2.05) is 24.4 Å². The van der Waals surface area contributed by atoms with Crippen LogP contribution in [-0.2, 0) is 4.79 Å². The van der Waals surface area contributed by atoms with Crippen molar-refractivity contribution < 1.29 is 9.18 Å². The zero-order valence-corrected chi connectivity index (χ0v) is 21.0. The lowest BCUT2D eigenvalue weighted by molar-refractivity contribution is -0.130. The van der Waals surface area contributed by atoms with E-state index in [1.54, 1.807) is 12.3 Å². The van der Waals surface area contributed by atoms with Crippen LogP contribution in [0.5, 0.6) is 0 Å². The van der Waals surface area contributed by atoms with Crippen molar-refractivity contribution >= 4 is 34.2 Å². The van der Waals surface area contributed by atoms with Crippen molar-refractivity contribution in [3.05, 3.63) is 59.6 Å². The van der Waals surface area contributed by atoms with Gasteiger partial charge in [0.2, 0.25) is 5.91 Å². The summed E-state index contributed by atoms with van der Waals surface area (Å²) in [5.74, 6) is -0.601. The number of anilines is 1. The number of pyridine rings is 2. The first kappa shape index (κ1) is 23.8. The number of fused-ring (bicyclic) bond motifs is 1. The minimum atomic E-state index is -0.491. The van der Waals surface area contributed by atoms with E-state index < -0.39 is 11.4 Å². The number of benzene rings is 1. The Balaban J connectivity index is 1.27. The van der Waals surface area contributed by atoms with Gasteiger partial charge in [-0.25, -0.2) is 9.37 Å². The number of halogens is 2. The first-order valence-corrected chi connectivity index (χ1v) is 12.9. The van der Waals surface area contributed by atoms with Crippen molar-refractivity contribution in [2.24, 2.45) is 5.73 Å². The molecule has 1 aliphatic heterocycles. The number of aromatic amines is 1. The van der Waals surface area contributed by atoms with Crippen molar-refractivity contribution in [2.45, 2.75) is 31.2 Å². The lowest BCUT2D eigenvalue weighted by atomic mass is 9.93. The van der Waals surface area contributed by atoms with Gasteiger partial charge in [0, 0.05) is 48.5 Å². The van der Waals surface area contributed by atoms with Gasteiger partial charge in [0.25, 0.3) is 0 Å². The fraction of sp³-hybridized carbons (Fsp3) is 0.333. The van der Waals surface area contributed by atoms with Gasteiger partial charge in [-0.3, -0.25) is 19.8 Å². The second kappa shape index (κ2) is 9.39. The molecule has 1 amide bonds. The highest BCUT2D eigenvalue weighted by molar-refractivity contribution is 6.30. The maximum atomic E-state index is 14.6. The summed E-state index contributed by atoms with van der Waals surface area (Å²) in [6, 6.07) is 10.2. The average Bonchev–Trinajstić information content (AvgIpc) is 3.61. The van der Waals surface area contributed by atoms with Crippen molar-refractivity contribution in [3.63, 3.8) is 0 Å². The lowest BCUT2D eigenvalue weighted by Gasteiger charge is -2.44. The number of nitrogens with zero attached hydrogens (tertiary/aromatic N) is 5. The monoisotopic (exact) mass is 519 g/mol. The number of nitrogens with one attached hydrogen (secondary N) is 1. The number of rotatable bonds is 5. The molecule has 3 N–H and O–H groups in total. The van der Waals surface area contributed by atoms with Crippen molar-refractivity contribution in [1.82, 2.24) is 25.1 Å². The van der Waals surface area contributed by atoms with Gasteiger partial charge in [-0.1, -0.05) is 24.4 Å². The topological polar surface area (TPSA) is 104 Å². The van der Waals surface area contributed by atoms with Gasteiger partial charge in [0.05, 0.1) is 28.6 Å². The number of amides is 1. The number of carbonyl (C=O) groups is 1. The molecule has 2 aliphatic rings. The predicted octanol–water partition coefficient (Wildman–Crippen LogP) is 4.40. The van der Waals surface area contributed by atoms with E-state index in [2.05, 4.69) is 25.0 Å². The summed E-state index contributed by atoms with van der Waals surface area (Å²) in [7, 11) is 0. The molecule has 1 saturated heterocycles. The molecule has 0 spiro atoms. The Morgan fingerprint density at radius 3 is 2.57 bits per heavy atom. The molecule has 0 unspecified atom stereocenters. The first-order valence-electron chi connectivity index (χ1n) is 12.5. The molecular weight excluding hydrogens is 493 g/mol. The average molecular weight is 520 g/mol. The Morgan fingerprint density at radius 2 is 1.81 bits per heavy atom. The second-order valence-electron chi connectivity index (χ2n) is 9.78. The number of carbonyl (C=O) groups excluding carboxylic acids is 1. The molecule has 0 radical (unpaired) electrons. The lowest BCUT2D eigenvalue weighted by Crippen LogP contribution is -2.61. The highest BCUT2D eigenvalue weighted by Crippen LogP contribution is 2.37. The summed E-state index contributed by atoms with van der Waals surface area (Å²) in [5, 5.41) is 7.53. The van der Waals surface area contributed by atoms with Crippen molar-refractivity contribution in [1.29, 1.82) is 0 Å². The molecule has 1 aromatic carbocycles. The number of nitrogens with two attached hydrogens (primary N) is 1. The van der Waals surface area contributed by atoms with Crippen LogP contribution in [0.4, 0.5) is 10.1 Å². The van der Waals surface area contributed by atoms with Gasteiger partial charge in [-0.05, 0) is 49.2 Å². The molecule has 0 atom stereocenters. The normalized spacial score (nSPS) is 17.9. The third kappa shape index (κ3) is 4.22. The molecule has 2 fully saturated rings. The quantitative estimate of drug-likeness (QED) is 0.405. The van der Waals surface area contributed by atoms with Crippen LogP contribution in [0.25, 0.3) is 33.5 Å². The van der Waals surface area contributed by atoms with Crippen LogP contribution in [0.2, 0.25) is 5.02 Å². The van der Waals surface area contributed by atoms with Crippen LogP contribution in [0, 0.1) is 5.82 Å². The molecule has 190 valence electrons. The Morgan fingerprint density at radius 1 is 1.03 bits per heavy atom. The molecule has 10 heteroatoms. The van der Waals surface area contributed by atoms with E-state index in [-0.39, 0.29) is 5.91 Å². The van der Waals surface area contributed by atoms with Gasteiger partial charge in [0.1, 0.15) is 17.1 Å². The predicted molar refractivity (Wildman–Crippen MR) is 142 cm³/mol.